The van der Waals surface area contributed by atoms with Crippen molar-refractivity contribution in [2.24, 2.45) is 0 Å². The third-order valence-electron chi connectivity index (χ3n) is 3.05. The highest BCUT2D eigenvalue weighted by Crippen LogP contribution is 2.22. The number of anilines is 1. The molecule has 18 heavy (non-hydrogen) atoms. The van der Waals surface area contributed by atoms with E-state index in [0.717, 1.165) is 29.1 Å². The Kier molecular flexibility index (Phi) is 3.46. The maximum Gasteiger partial charge on any atom is 0.272 e. The summed E-state index contributed by atoms with van der Waals surface area (Å²) in [5, 5.41) is 1.04. The summed E-state index contributed by atoms with van der Waals surface area (Å²) in [5.74, 6) is -0.659. The van der Waals surface area contributed by atoms with E-state index < -0.39 is 0 Å². The molecule has 0 saturated heterocycles. The van der Waals surface area contributed by atoms with Crippen molar-refractivity contribution in [3.63, 3.8) is 0 Å². The molecule has 0 fully saturated rings. The predicted molar refractivity (Wildman–Crippen MR) is 69.8 cm³/mol. The molecule has 1 aromatic carbocycles. The molecule has 2 amide bonds. The van der Waals surface area contributed by atoms with Crippen molar-refractivity contribution < 1.29 is 9.59 Å². The van der Waals surface area contributed by atoms with Gasteiger partial charge in [-0.15, -0.1) is 0 Å². The number of nitrogens with one attached hydrogen (secondary N) is 1. The molecule has 0 unspecified atom stereocenters. The van der Waals surface area contributed by atoms with Gasteiger partial charge in [0.25, 0.3) is 11.8 Å². The normalized spacial score (nSPS) is 14.4. The molecular formula is C14H16N2O2. The molecule has 2 rings (SSSR count). The lowest BCUT2D eigenvalue weighted by Gasteiger charge is -2.20. The van der Waals surface area contributed by atoms with Crippen LogP contribution in [0.3, 0.4) is 0 Å². The molecule has 1 heterocycles. The van der Waals surface area contributed by atoms with E-state index in [9.17, 15) is 9.59 Å². The Morgan fingerprint density at radius 3 is 2.28 bits per heavy atom. The largest absolute Gasteiger partial charge is 0.288 e. The molecule has 0 bridgehead atoms. The van der Waals surface area contributed by atoms with Crippen LogP contribution in [0.15, 0.2) is 30.4 Å². The molecule has 0 aromatic heterocycles. The molecule has 0 radical (unpaired) electrons. The predicted octanol–water partition coefficient (Wildman–Crippen LogP) is 2.06. The fourth-order valence-corrected chi connectivity index (χ4v) is 2.12. The van der Waals surface area contributed by atoms with Crippen molar-refractivity contribution in [2.75, 3.05) is 5.43 Å². The topological polar surface area (TPSA) is 49.4 Å². The van der Waals surface area contributed by atoms with Crippen LogP contribution in [0.2, 0.25) is 0 Å². The van der Waals surface area contributed by atoms with Crippen LogP contribution in [0.1, 0.15) is 25.0 Å². The van der Waals surface area contributed by atoms with Crippen LogP contribution in [-0.4, -0.2) is 16.8 Å². The summed E-state index contributed by atoms with van der Waals surface area (Å²) in [7, 11) is 0. The fraction of sp³-hybridized carbons (Fsp3) is 0.286. The van der Waals surface area contributed by atoms with Crippen LogP contribution >= 0.6 is 0 Å². The molecule has 4 heteroatoms. The number of hydrogen-bond donors (Lipinski definition) is 1. The van der Waals surface area contributed by atoms with E-state index in [1.54, 1.807) is 0 Å². The minimum absolute atomic E-state index is 0.330. The van der Waals surface area contributed by atoms with E-state index >= 15 is 0 Å². The first kappa shape index (κ1) is 12.4. The van der Waals surface area contributed by atoms with Gasteiger partial charge in [0.2, 0.25) is 0 Å². The van der Waals surface area contributed by atoms with Gasteiger partial charge in [-0.3, -0.25) is 15.0 Å². The quantitative estimate of drug-likeness (QED) is 0.825. The van der Waals surface area contributed by atoms with Gasteiger partial charge in [0.15, 0.2) is 0 Å². The molecule has 0 saturated carbocycles. The summed E-state index contributed by atoms with van der Waals surface area (Å²) in [6.45, 7) is 4.15. The Bertz CT molecular complexity index is 503. The number of rotatable bonds is 4. The number of nitrogens with zero attached hydrogens (tertiary/aromatic N) is 1. The number of imide groups is 1. The zero-order valence-corrected chi connectivity index (χ0v) is 10.6. The third kappa shape index (κ3) is 2.14. The zero-order valence-electron chi connectivity index (χ0n) is 10.6. The number of aryl methyl sites for hydroxylation is 1. The van der Waals surface area contributed by atoms with Gasteiger partial charge in [0.1, 0.15) is 0 Å². The average molecular weight is 244 g/mol. The maximum absolute atomic E-state index is 11.5. The summed E-state index contributed by atoms with van der Waals surface area (Å²) in [5.41, 5.74) is 6.10. The van der Waals surface area contributed by atoms with Gasteiger partial charge in [-0.25, -0.2) is 0 Å². The molecule has 0 spiro atoms. The van der Waals surface area contributed by atoms with Crippen LogP contribution in [0.4, 0.5) is 5.69 Å². The fourth-order valence-electron chi connectivity index (χ4n) is 2.12. The highest BCUT2D eigenvalue weighted by atomic mass is 16.2. The van der Waals surface area contributed by atoms with Gasteiger partial charge in [0.05, 0.1) is 5.69 Å². The van der Waals surface area contributed by atoms with Crippen molar-refractivity contribution in [3.8, 4) is 0 Å². The van der Waals surface area contributed by atoms with Gasteiger partial charge in [-0.1, -0.05) is 26.0 Å². The van der Waals surface area contributed by atoms with Gasteiger partial charge < -0.3 is 0 Å². The lowest BCUT2D eigenvalue weighted by atomic mass is 10.0. The van der Waals surface area contributed by atoms with Gasteiger partial charge >= 0.3 is 0 Å². The molecule has 0 aliphatic carbocycles. The number of hydrogen-bond acceptors (Lipinski definition) is 3. The monoisotopic (exact) mass is 244 g/mol. The number of hydrazine groups is 1. The van der Waals surface area contributed by atoms with Crippen LogP contribution in [-0.2, 0) is 22.4 Å². The lowest BCUT2D eigenvalue weighted by molar-refractivity contribution is -0.135. The highest BCUT2D eigenvalue weighted by molar-refractivity contribution is 6.13. The van der Waals surface area contributed by atoms with Crippen molar-refractivity contribution in [3.05, 3.63) is 41.5 Å². The Morgan fingerprint density at radius 1 is 1.06 bits per heavy atom. The molecule has 1 aliphatic heterocycles. The van der Waals surface area contributed by atoms with Crippen molar-refractivity contribution in [1.82, 2.24) is 5.01 Å². The van der Waals surface area contributed by atoms with E-state index in [-0.39, 0.29) is 11.8 Å². The van der Waals surface area contributed by atoms with Crippen molar-refractivity contribution in [1.29, 1.82) is 0 Å². The van der Waals surface area contributed by atoms with Gasteiger partial charge in [-0.2, -0.15) is 5.01 Å². The Hall–Kier alpha value is -2.10. The van der Waals surface area contributed by atoms with Crippen LogP contribution in [0.5, 0.6) is 0 Å². The minimum atomic E-state index is -0.330. The first-order valence-electron chi connectivity index (χ1n) is 6.11. The van der Waals surface area contributed by atoms with E-state index in [4.69, 9.17) is 0 Å². The molecule has 94 valence electrons. The van der Waals surface area contributed by atoms with E-state index in [1.165, 1.54) is 17.7 Å². The van der Waals surface area contributed by atoms with Crippen molar-refractivity contribution in [2.45, 2.75) is 26.7 Å². The van der Waals surface area contributed by atoms with E-state index in [2.05, 4.69) is 25.3 Å². The molecule has 1 aliphatic rings. The lowest BCUT2D eigenvalue weighted by Crippen LogP contribution is -2.35. The average Bonchev–Trinajstić information content (AvgIpc) is 2.70. The molecule has 1 N–H and O–H groups in total. The van der Waals surface area contributed by atoms with Crippen LogP contribution in [0, 0.1) is 0 Å². The number of amides is 2. The second-order valence-corrected chi connectivity index (χ2v) is 4.11. The number of carbonyl (C=O) groups excluding carboxylic acids is 2. The summed E-state index contributed by atoms with van der Waals surface area (Å²) in [4.78, 5) is 23.0. The minimum Gasteiger partial charge on any atom is -0.288 e. The van der Waals surface area contributed by atoms with Crippen LogP contribution in [0.25, 0.3) is 0 Å². The molecule has 1 aromatic rings. The van der Waals surface area contributed by atoms with E-state index in [0.29, 0.717) is 0 Å². The summed E-state index contributed by atoms with van der Waals surface area (Å²) in [6, 6.07) is 5.88. The summed E-state index contributed by atoms with van der Waals surface area (Å²) in [6.07, 6.45) is 4.32. The second-order valence-electron chi connectivity index (χ2n) is 4.11. The SMILES string of the molecule is CCc1cccc(NN2C(=O)C=CC2=O)c1CC. The first-order valence-corrected chi connectivity index (χ1v) is 6.11. The Labute approximate surface area is 106 Å². The molecular weight excluding hydrogens is 228 g/mol. The smallest absolute Gasteiger partial charge is 0.272 e. The zero-order chi connectivity index (χ0) is 13.1. The number of carbonyl (C=O) groups is 2. The third-order valence-corrected chi connectivity index (χ3v) is 3.05. The maximum atomic E-state index is 11.5. The van der Waals surface area contributed by atoms with Crippen LogP contribution < -0.4 is 5.43 Å². The Balaban J connectivity index is 2.29. The highest BCUT2D eigenvalue weighted by Gasteiger charge is 2.24. The van der Waals surface area contributed by atoms with Gasteiger partial charge in [-0.05, 0) is 30.0 Å². The van der Waals surface area contributed by atoms with Gasteiger partial charge in [0, 0.05) is 12.2 Å². The molecule has 4 nitrogen and oxygen atoms in total. The number of benzene rings is 1. The first-order chi connectivity index (χ1) is 8.67. The Morgan fingerprint density at radius 2 is 1.72 bits per heavy atom. The standard InChI is InChI=1S/C14H16N2O2/c1-3-10-6-5-7-12(11(10)4-2)15-16-13(17)8-9-14(16)18/h5-9,15H,3-4H2,1-2H3. The van der Waals surface area contributed by atoms with Crippen molar-refractivity contribution >= 4 is 17.5 Å². The summed E-state index contributed by atoms with van der Waals surface area (Å²) < 4.78 is 0. The van der Waals surface area contributed by atoms with E-state index in [1.807, 2.05) is 12.1 Å². The second kappa shape index (κ2) is 5.04. The molecule has 0 atom stereocenters. The summed E-state index contributed by atoms with van der Waals surface area (Å²) >= 11 is 0.